The van der Waals surface area contributed by atoms with Crippen LogP contribution in [0.15, 0.2) is 42.5 Å². The van der Waals surface area contributed by atoms with Crippen molar-refractivity contribution in [2.24, 2.45) is 5.73 Å². The van der Waals surface area contributed by atoms with E-state index in [0.29, 0.717) is 21.9 Å². The average Bonchev–Trinajstić information content (AvgIpc) is 2.45. The van der Waals surface area contributed by atoms with Crippen molar-refractivity contribution in [3.05, 3.63) is 58.6 Å². The van der Waals surface area contributed by atoms with E-state index in [9.17, 15) is 13.2 Å². The van der Waals surface area contributed by atoms with Gasteiger partial charge in [-0.3, -0.25) is 0 Å². The number of rotatable bonds is 4. The maximum atomic E-state index is 12.1. The molecule has 2 aromatic rings. The molecule has 22 heavy (non-hydrogen) atoms. The lowest BCUT2D eigenvalue weighted by molar-refractivity contribution is -0.274. The second-order valence-corrected chi connectivity index (χ2v) is 4.92. The fourth-order valence-corrected chi connectivity index (χ4v) is 2.19. The molecule has 2 rings (SSSR count). The Kier molecular flexibility index (Phi) is 4.83. The third kappa shape index (κ3) is 4.05. The summed E-state index contributed by atoms with van der Waals surface area (Å²) in [4.78, 5) is 0. The van der Waals surface area contributed by atoms with Crippen molar-refractivity contribution in [1.82, 2.24) is 0 Å². The second-order valence-electron chi connectivity index (χ2n) is 4.48. The molecule has 0 heterocycles. The Labute approximate surface area is 130 Å². The van der Waals surface area contributed by atoms with E-state index in [1.165, 1.54) is 31.4 Å². The Morgan fingerprint density at radius 2 is 1.73 bits per heavy atom. The van der Waals surface area contributed by atoms with Crippen molar-refractivity contribution in [3.8, 4) is 11.5 Å². The second kappa shape index (κ2) is 6.46. The van der Waals surface area contributed by atoms with Gasteiger partial charge < -0.3 is 15.2 Å². The number of methoxy groups -OCH3 is 1. The van der Waals surface area contributed by atoms with E-state index in [-0.39, 0.29) is 5.75 Å². The third-order valence-corrected chi connectivity index (χ3v) is 3.23. The molecular formula is C15H13ClF3NO2. The summed E-state index contributed by atoms with van der Waals surface area (Å²) in [6.45, 7) is 0. The highest BCUT2D eigenvalue weighted by atomic mass is 35.5. The molecule has 0 fully saturated rings. The van der Waals surface area contributed by atoms with E-state index in [2.05, 4.69) is 4.74 Å². The number of hydrogen-bond donors (Lipinski definition) is 1. The van der Waals surface area contributed by atoms with E-state index in [0.717, 1.165) is 0 Å². The maximum absolute atomic E-state index is 12.1. The van der Waals surface area contributed by atoms with Gasteiger partial charge in [0, 0.05) is 10.6 Å². The lowest BCUT2D eigenvalue weighted by Gasteiger charge is -2.17. The molecule has 0 saturated heterocycles. The van der Waals surface area contributed by atoms with Crippen LogP contribution in [0.5, 0.6) is 11.5 Å². The van der Waals surface area contributed by atoms with Crippen molar-refractivity contribution < 1.29 is 22.6 Å². The molecule has 0 amide bonds. The molecule has 118 valence electrons. The average molecular weight is 332 g/mol. The zero-order valence-corrected chi connectivity index (χ0v) is 12.3. The first-order valence-electron chi connectivity index (χ1n) is 6.25. The Hall–Kier alpha value is -1.92. The number of halogens is 4. The van der Waals surface area contributed by atoms with Crippen molar-refractivity contribution in [3.63, 3.8) is 0 Å². The van der Waals surface area contributed by atoms with Gasteiger partial charge in [-0.1, -0.05) is 23.7 Å². The van der Waals surface area contributed by atoms with Crippen LogP contribution in [-0.2, 0) is 0 Å². The van der Waals surface area contributed by atoms with Gasteiger partial charge in [-0.05, 0) is 35.9 Å². The fraction of sp³-hybridized carbons (Fsp3) is 0.200. The summed E-state index contributed by atoms with van der Waals surface area (Å²) < 4.78 is 45.4. The summed E-state index contributed by atoms with van der Waals surface area (Å²) in [6.07, 6.45) is -4.72. The molecule has 0 radical (unpaired) electrons. The van der Waals surface area contributed by atoms with Crippen molar-refractivity contribution >= 4 is 11.6 Å². The summed E-state index contributed by atoms with van der Waals surface area (Å²) >= 11 is 5.95. The van der Waals surface area contributed by atoms with Gasteiger partial charge in [0.05, 0.1) is 13.2 Å². The largest absolute Gasteiger partial charge is 0.573 e. The smallest absolute Gasteiger partial charge is 0.496 e. The number of nitrogens with two attached hydrogens (primary N) is 1. The molecule has 0 bridgehead atoms. The van der Waals surface area contributed by atoms with Crippen LogP contribution >= 0.6 is 11.6 Å². The van der Waals surface area contributed by atoms with Gasteiger partial charge in [0.25, 0.3) is 0 Å². The number of ether oxygens (including phenoxy) is 2. The molecule has 0 spiro atoms. The summed E-state index contributed by atoms with van der Waals surface area (Å²) in [5, 5.41) is 0.489. The van der Waals surface area contributed by atoms with Crippen molar-refractivity contribution in [2.45, 2.75) is 12.4 Å². The predicted molar refractivity (Wildman–Crippen MR) is 77.2 cm³/mol. The minimum absolute atomic E-state index is 0.304. The van der Waals surface area contributed by atoms with Crippen LogP contribution in [0.2, 0.25) is 5.02 Å². The summed E-state index contributed by atoms with van der Waals surface area (Å²) in [5.74, 6) is 0.244. The lowest BCUT2D eigenvalue weighted by atomic mass is 9.98. The molecule has 2 aromatic carbocycles. The maximum Gasteiger partial charge on any atom is 0.573 e. The van der Waals surface area contributed by atoms with Crippen molar-refractivity contribution in [2.75, 3.05) is 7.11 Å². The van der Waals surface area contributed by atoms with E-state index in [1.807, 2.05) is 0 Å². The minimum Gasteiger partial charge on any atom is -0.496 e. The van der Waals surface area contributed by atoms with Gasteiger partial charge in [0.15, 0.2) is 0 Å². The van der Waals surface area contributed by atoms with Gasteiger partial charge in [-0.15, -0.1) is 13.2 Å². The number of benzene rings is 2. The topological polar surface area (TPSA) is 44.5 Å². The molecule has 0 aliphatic carbocycles. The molecule has 3 nitrogen and oxygen atoms in total. The molecule has 7 heteroatoms. The molecule has 1 atom stereocenters. The highest BCUT2D eigenvalue weighted by molar-refractivity contribution is 6.30. The van der Waals surface area contributed by atoms with Gasteiger partial charge in [-0.2, -0.15) is 0 Å². The predicted octanol–water partition coefficient (Wildman–Crippen LogP) is 4.30. The van der Waals surface area contributed by atoms with Gasteiger partial charge in [0.1, 0.15) is 11.5 Å². The standard InChI is InChI=1S/C15H13ClF3NO2/c1-21-13-7-4-10(16)8-12(13)14(20)9-2-5-11(6-3-9)22-15(17,18)19/h2-8,14H,20H2,1H3/t14-/m0/s1. The molecule has 2 N–H and O–H groups in total. The van der Waals surface area contributed by atoms with Crippen LogP contribution in [0.25, 0.3) is 0 Å². The Bertz CT molecular complexity index is 644. The first-order valence-corrected chi connectivity index (χ1v) is 6.62. The molecule has 0 aromatic heterocycles. The Morgan fingerprint density at radius 3 is 2.27 bits per heavy atom. The first-order chi connectivity index (χ1) is 10.3. The summed E-state index contributed by atoms with van der Waals surface area (Å²) in [6, 6.07) is 9.76. The van der Waals surface area contributed by atoms with Crippen LogP contribution in [0.1, 0.15) is 17.2 Å². The normalized spacial score (nSPS) is 12.8. The highest BCUT2D eigenvalue weighted by Crippen LogP contribution is 2.32. The highest BCUT2D eigenvalue weighted by Gasteiger charge is 2.31. The van der Waals surface area contributed by atoms with Crippen molar-refractivity contribution in [1.29, 1.82) is 0 Å². The Balaban J connectivity index is 2.26. The summed E-state index contributed by atoms with van der Waals surface area (Å²) in [7, 11) is 1.50. The number of hydrogen-bond acceptors (Lipinski definition) is 3. The fourth-order valence-electron chi connectivity index (χ4n) is 2.00. The molecule has 0 saturated carbocycles. The van der Waals surface area contributed by atoms with Crippen LogP contribution in [0.3, 0.4) is 0 Å². The Morgan fingerprint density at radius 1 is 1.09 bits per heavy atom. The van der Waals surface area contributed by atoms with Gasteiger partial charge >= 0.3 is 6.36 Å². The third-order valence-electron chi connectivity index (χ3n) is 3.00. The van der Waals surface area contributed by atoms with E-state index < -0.39 is 12.4 Å². The molecular weight excluding hydrogens is 319 g/mol. The zero-order valence-electron chi connectivity index (χ0n) is 11.5. The SMILES string of the molecule is COc1ccc(Cl)cc1[C@@H](N)c1ccc(OC(F)(F)F)cc1. The van der Waals surface area contributed by atoms with Gasteiger partial charge in [0.2, 0.25) is 0 Å². The van der Waals surface area contributed by atoms with E-state index >= 15 is 0 Å². The van der Waals surface area contributed by atoms with Crippen LogP contribution in [0, 0.1) is 0 Å². The van der Waals surface area contributed by atoms with E-state index in [1.54, 1.807) is 18.2 Å². The quantitative estimate of drug-likeness (QED) is 0.908. The van der Waals surface area contributed by atoms with Gasteiger partial charge in [-0.25, -0.2) is 0 Å². The van der Waals surface area contributed by atoms with E-state index in [4.69, 9.17) is 22.1 Å². The molecule has 0 unspecified atom stereocenters. The lowest BCUT2D eigenvalue weighted by Crippen LogP contribution is -2.17. The molecule has 0 aliphatic heterocycles. The molecule has 0 aliphatic rings. The summed E-state index contributed by atoms with van der Waals surface area (Å²) in [5.41, 5.74) is 7.38. The minimum atomic E-state index is -4.72. The van der Waals surface area contributed by atoms with Crippen LogP contribution < -0.4 is 15.2 Å². The zero-order chi connectivity index (χ0) is 16.3. The van der Waals surface area contributed by atoms with Crippen LogP contribution in [-0.4, -0.2) is 13.5 Å². The number of alkyl halides is 3. The van der Waals surface area contributed by atoms with Crippen LogP contribution in [0.4, 0.5) is 13.2 Å². The first kappa shape index (κ1) is 16.5. The monoisotopic (exact) mass is 331 g/mol.